The average molecular weight is 326 g/mol. The van der Waals surface area contributed by atoms with Crippen molar-refractivity contribution in [3.8, 4) is 0 Å². The topological polar surface area (TPSA) is 98.5 Å². The highest BCUT2D eigenvalue weighted by atomic mass is 32.2. The number of nitro groups is 1. The first-order chi connectivity index (χ1) is 10.3. The Morgan fingerprint density at radius 3 is 2.50 bits per heavy atom. The number of thioether (sulfide) groups is 1. The van der Waals surface area contributed by atoms with Crippen LogP contribution in [0.1, 0.15) is 18.1 Å². The zero-order valence-corrected chi connectivity index (χ0v) is 13.5. The van der Waals surface area contributed by atoms with Gasteiger partial charge in [-0.1, -0.05) is 0 Å². The minimum Gasteiger partial charge on any atom is -0.465 e. The van der Waals surface area contributed by atoms with Gasteiger partial charge in [-0.2, -0.15) is 0 Å². The highest BCUT2D eigenvalue weighted by Crippen LogP contribution is 2.28. The molecule has 8 heteroatoms. The monoisotopic (exact) mass is 326 g/mol. The number of aryl methyl sites for hydroxylation is 2. The molecular formula is C14H18N2O5S. The second kappa shape index (κ2) is 8.38. The Hall–Kier alpha value is -2.09. The maximum Gasteiger partial charge on any atom is 0.315 e. The van der Waals surface area contributed by atoms with Crippen LogP contribution in [0.15, 0.2) is 12.1 Å². The maximum atomic E-state index is 11.8. The largest absolute Gasteiger partial charge is 0.465 e. The van der Waals surface area contributed by atoms with E-state index in [1.54, 1.807) is 19.9 Å². The van der Waals surface area contributed by atoms with Gasteiger partial charge in [0.1, 0.15) is 5.69 Å². The number of nitro benzene ring substituents is 1. The van der Waals surface area contributed by atoms with E-state index in [2.05, 4.69) is 5.32 Å². The van der Waals surface area contributed by atoms with Crippen LogP contribution in [0.5, 0.6) is 0 Å². The predicted octanol–water partition coefficient (Wildman–Crippen LogP) is 2.45. The first kappa shape index (κ1) is 18.0. The van der Waals surface area contributed by atoms with Crippen molar-refractivity contribution in [1.82, 2.24) is 0 Å². The van der Waals surface area contributed by atoms with Crippen molar-refractivity contribution in [2.45, 2.75) is 20.8 Å². The smallest absolute Gasteiger partial charge is 0.315 e. The molecule has 0 heterocycles. The zero-order chi connectivity index (χ0) is 16.7. The molecule has 0 saturated heterocycles. The number of anilines is 1. The molecule has 0 aliphatic rings. The van der Waals surface area contributed by atoms with Gasteiger partial charge in [-0.05, 0) is 38.0 Å². The normalized spacial score (nSPS) is 10.1. The maximum absolute atomic E-state index is 11.8. The molecule has 1 N–H and O–H groups in total. The number of benzene rings is 1. The molecule has 1 aromatic carbocycles. The summed E-state index contributed by atoms with van der Waals surface area (Å²) in [6.07, 6.45) is 0. The van der Waals surface area contributed by atoms with E-state index in [4.69, 9.17) is 4.74 Å². The van der Waals surface area contributed by atoms with E-state index in [-0.39, 0.29) is 22.9 Å². The summed E-state index contributed by atoms with van der Waals surface area (Å²) >= 11 is 1.09. The number of esters is 1. The van der Waals surface area contributed by atoms with Crippen molar-refractivity contribution < 1.29 is 19.2 Å². The molecule has 0 spiro atoms. The fourth-order valence-corrected chi connectivity index (χ4v) is 2.28. The van der Waals surface area contributed by atoms with E-state index in [0.717, 1.165) is 22.9 Å². The Morgan fingerprint density at radius 2 is 1.91 bits per heavy atom. The molecule has 0 bridgehead atoms. The Labute approximate surface area is 132 Å². The van der Waals surface area contributed by atoms with Gasteiger partial charge in [0.25, 0.3) is 5.69 Å². The van der Waals surface area contributed by atoms with Gasteiger partial charge in [0.05, 0.1) is 23.0 Å². The summed E-state index contributed by atoms with van der Waals surface area (Å²) in [5.74, 6) is -0.711. The van der Waals surface area contributed by atoms with Gasteiger partial charge in [-0.3, -0.25) is 19.7 Å². The summed E-state index contributed by atoms with van der Waals surface area (Å²) in [7, 11) is 0. The first-order valence-corrected chi connectivity index (χ1v) is 7.79. The van der Waals surface area contributed by atoms with Gasteiger partial charge in [-0.25, -0.2) is 0 Å². The van der Waals surface area contributed by atoms with E-state index in [1.807, 2.05) is 6.92 Å². The molecule has 0 aliphatic heterocycles. The van der Waals surface area contributed by atoms with Gasteiger partial charge >= 0.3 is 5.97 Å². The molecule has 0 radical (unpaired) electrons. The Bertz CT molecular complexity index is 589. The Morgan fingerprint density at radius 1 is 1.27 bits per heavy atom. The number of nitrogens with one attached hydrogen (secondary N) is 1. The van der Waals surface area contributed by atoms with Crippen LogP contribution in [0.3, 0.4) is 0 Å². The number of amides is 1. The molecule has 1 aromatic rings. The fourth-order valence-electron chi connectivity index (χ4n) is 1.67. The van der Waals surface area contributed by atoms with Crippen LogP contribution >= 0.6 is 11.8 Å². The molecule has 0 saturated carbocycles. The van der Waals surface area contributed by atoms with Gasteiger partial charge in [-0.15, -0.1) is 11.8 Å². The number of rotatable bonds is 7. The van der Waals surface area contributed by atoms with E-state index >= 15 is 0 Å². The van der Waals surface area contributed by atoms with Crippen molar-refractivity contribution >= 4 is 35.0 Å². The SMILES string of the molecule is CCOC(=O)CSCC(=O)Nc1cc(C)c(C)cc1[N+](=O)[O-]. The van der Waals surface area contributed by atoms with E-state index in [1.165, 1.54) is 6.07 Å². The molecule has 0 fully saturated rings. The molecule has 1 rings (SSSR count). The van der Waals surface area contributed by atoms with E-state index in [0.29, 0.717) is 6.61 Å². The number of carbonyl (C=O) groups is 2. The highest BCUT2D eigenvalue weighted by molar-refractivity contribution is 8.00. The lowest BCUT2D eigenvalue weighted by Crippen LogP contribution is -2.17. The quantitative estimate of drug-likeness (QED) is 0.469. The van der Waals surface area contributed by atoms with Crippen LogP contribution in [-0.4, -0.2) is 34.9 Å². The average Bonchev–Trinajstić information content (AvgIpc) is 2.42. The lowest BCUT2D eigenvalue weighted by atomic mass is 10.1. The third kappa shape index (κ3) is 5.36. The van der Waals surface area contributed by atoms with Gasteiger partial charge < -0.3 is 10.1 Å². The van der Waals surface area contributed by atoms with E-state index in [9.17, 15) is 19.7 Å². The van der Waals surface area contributed by atoms with Gasteiger partial charge in [0.2, 0.25) is 5.91 Å². The predicted molar refractivity (Wildman–Crippen MR) is 85.2 cm³/mol. The Kier molecular flexibility index (Phi) is 6.84. The van der Waals surface area contributed by atoms with Crippen molar-refractivity contribution in [3.63, 3.8) is 0 Å². The third-order valence-electron chi connectivity index (χ3n) is 2.84. The minimum atomic E-state index is -0.534. The van der Waals surface area contributed by atoms with Crippen molar-refractivity contribution in [3.05, 3.63) is 33.4 Å². The van der Waals surface area contributed by atoms with Crippen LogP contribution in [0, 0.1) is 24.0 Å². The summed E-state index contributed by atoms with van der Waals surface area (Å²) in [5.41, 5.74) is 1.64. The van der Waals surface area contributed by atoms with Gasteiger partial charge in [0.15, 0.2) is 0 Å². The fraction of sp³-hybridized carbons (Fsp3) is 0.429. The standard InChI is InChI=1S/C14H18N2O5S/c1-4-21-14(18)8-22-7-13(17)15-11-5-9(2)10(3)6-12(11)16(19)20/h5-6H,4,7-8H2,1-3H3,(H,15,17). The summed E-state index contributed by atoms with van der Waals surface area (Å²) in [6, 6.07) is 3.00. The van der Waals surface area contributed by atoms with Crippen LogP contribution in [-0.2, 0) is 14.3 Å². The molecule has 0 unspecified atom stereocenters. The van der Waals surface area contributed by atoms with Gasteiger partial charge in [0, 0.05) is 6.07 Å². The molecule has 0 aliphatic carbocycles. The molecule has 7 nitrogen and oxygen atoms in total. The van der Waals surface area contributed by atoms with E-state index < -0.39 is 16.8 Å². The van der Waals surface area contributed by atoms with Crippen molar-refractivity contribution in [2.75, 3.05) is 23.4 Å². The Balaban J connectivity index is 2.66. The highest BCUT2D eigenvalue weighted by Gasteiger charge is 2.17. The molecule has 1 amide bonds. The molecule has 0 atom stereocenters. The number of nitrogens with zero attached hydrogens (tertiary/aromatic N) is 1. The number of hydrogen-bond acceptors (Lipinski definition) is 6. The number of ether oxygens (including phenoxy) is 1. The summed E-state index contributed by atoms with van der Waals surface area (Å²) in [4.78, 5) is 33.5. The molecular weight excluding hydrogens is 308 g/mol. The lowest BCUT2D eigenvalue weighted by molar-refractivity contribution is -0.384. The van der Waals surface area contributed by atoms with Crippen LogP contribution in [0.2, 0.25) is 0 Å². The lowest BCUT2D eigenvalue weighted by Gasteiger charge is -2.08. The zero-order valence-electron chi connectivity index (χ0n) is 12.7. The van der Waals surface area contributed by atoms with Crippen molar-refractivity contribution in [2.24, 2.45) is 0 Å². The first-order valence-electron chi connectivity index (χ1n) is 6.64. The third-order valence-corrected chi connectivity index (χ3v) is 3.75. The van der Waals surface area contributed by atoms with Crippen LogP contribution in [0.4, 0.5) is 11.4 Å². The molecule has 120 valence electrons. The van der Waals surface area contributed by atoms with Crippen LogP contribution in [0.25, 0.3) is 0 Å². The molecule has 22 heavy (non-hydrogen) atoms. The number of carbonyl (C=O) groups excluding carboxylic acids is 2. The second-order valence-corrected chi connectivity index (χ2v) is 5.54. The minimum absolute atomic E-state index is 0.0168. The summed E-state index contributed by atoms with van der Waals surface area (Å²) in [6.45, 7) is 5.57. The summed E-state index contributed by atoms with van der Waals surface area (Å²) < 4.78 is 4.74. The number of hydrogen-bond donors (Lipinski definition) is 1. The van der Waals surface area contributed by atoms with Crippen molar-refractivity contribution in [1.29, 1.82) is 0 Å². The molecule has 0 aromatic heterocycles. The van der Waals surface area contributed by atoms with Crippen LogP contribution < -0.4 is 5.32 Å². The summed E-state index contributed by atoms with van der Waals surface area (Å²) in [5, 5.41) is 13.5. The second-order valence-electron chi connectivity index (χ2n) is 4.56.